The highest BCUT2D eigenvalue weighted by molar-refractivity contribution is 7.47. The highest BCUT2D eigenvalue weighted by Gasteiger charge is 2.51. The monoisotopic (exact) mass is 833 g/mol. The summed E-state index contributed by atoms with van der Waals surface area (Å²) in [5, 5.41) is 50.0. The van der Waals surface area contributed by atoms with Crippen LogP contribution in [0.3, 0.4) is 0 Å². The van der Waals surface area contributed by atoms with Gasteiger partial charge in [0.15, 0.2) is 6.10 Å². The molecule has 57 heavy (non-hydrogen) atoms. The highest BCUT2D eigenvalue weighted by atomic mass is 31.2. The molecule has 0 heterocycles. The predicted molar refractivity (Wildman–Crippen MR) is 221 cm³/mol. The molecule has 13 nitrogen and oxygen atoms in total. The smallest absolute Gasteiger partial charge is 0.462 e. The van der Waals surface area contributed by atoms with Crippen molar-refractivity contribution in [3.05, 3.63) is 36.5 Å². The first-order valence-corrected chi connectivity index (χ1v) is 23.3. The Morgan fingerprint density at radius 2 is 0.947 bits per heavy atom. The number of esters is 2. The maximum absolute atomic E-state index is 12.8. The number of carbonyl (C=O) groups is 2. The van der Waals surface area contributed by atoms with Crippen LogP contribution in [0.25, 0.3) is 0 Å². The van der Waals surface area contributed by atoms with Crippen molar-refractivity contribution in [3.8, 4) is 0 Å². The SMILES string of the molecule is CCCCC/C=C\CCCCCCCC(=O)OCC(COP(=O)(O)OC1C(O)C(O)C(O)C(O)C1O)OC(=O)CCCCCCC/C=C\C/C=C\CCCCCC. The normalized spacial score (nSPS) is 23.0. The van der Waals surface area contributed by atoms with E-state index in [0.717, 1.165) is 83.5 Å². The van der Waals surface area contributed by atoms with E-state index >= 15 is 0 Å². The van der Waals surface area contributed by atoms with Gasteiger partial charge in [0.2, 0.25) is 0 Å². The molecule has 0 aliphatic heterocycles. The van der Waals surface area contributed by atoms with Crippen molar-refractivity contribution in [2.24, 2.45) is 0 Å². The van der Waals surface area contributed by atoms with Crippen LogP contribution in [-0.2, 0) is 32.7 Å². The summed E-state index contributed by atoms with van der Waals surface area (Å²) in [6.45, 7) is 3.22. The molecule has 1 aliphatic carbocycles. The predicted octanol–water partition coefficient (Wildman–Crippen LogP) is 7.83. The first-order chi connectivity index (χ1) is 27.4. The molecule has 0 amide bonds. The fourth-order valence-corrected chi connectivity index (χ4v) is 7.34. The fraction of sp³-hybridized carbons (Fsp3) is 0.814. The molecule has 0 radical (unpaired) electrons. The van der Waals surface area contributed by atoms with Gasteiger partial charge < -0.3 is 39.9 Å². The molecule has 6 N–H and O–H groups in total. The van der Waals surface area contributed by atoms with Crippen LogP contribution >= 0.6 is 7.82 Å². The summed E-state index contributed by atoms with van der Waals surface area (Å²) in [7, 11) is -5.12. The van der Waals surface area contributed by atoms with Gasteiger partial charge in [-0.3, -0.25) is 18.6 Å². The van der Waals surface area contributed by atoms with E-state index in [0.29, 0.717) is 12.8 Å². The van der Waals surface area contributed by atoms with E-state index in [9.17, 15) is 44.6 Å². The van der Waals surface area contributed by atoms with Crippen molar-refractivity contribution >= 4 is 19.8 Å². The molecule has 1 rings (SSSR count). The van der Waals surface area contributed by atoms with Crippen LogP contribution in [0.1, 0.15) is 168 Å². The minimum atomic E-state index is -5.12. The molecule has 6 atom stereocenters. The highest BCUT2D eigenvalue weighted by Crippen LogP contribution is 2.47. The Labute approximate surface area is 342 Å². The van der Waals surface area contributed by atoms with Crippen molar-refractivity contribution in [1.29, 1.82) is 0 Å². The summed E-state index contributed by atoms with van der Waals surface area (Å²) in [6.07, 6.45) is 23.5. The maximum atomic E-state index is 12.8. The lowest BCUT2D eigenvalue weighted by atomic mass is 9.85. The van der Waals surface area contributed by atoms with E-state index in [2.05, 4.69) is 50.3 Å². The number of phosphoric ester groups is 1. The standard InChI is InChI=1S/C43H77O13P/c1-3-5-7-9-11-13-15-17-18-19-20-22-24-26-28-30-32-37(45)55-35(33-53-36(44)31-29-27-25-23-21-16-14-12-10-8-6-4-2)34-54-57(51,52)56-43-41(49)39(47)38(46)40(48)42(43)50/h12-15,18-19,35,38-43,46-50H,3-11,16-17,20-34H2,1-2H3,(H,51,52)/b14-12-,15-13-,19-18-. The summed E-state index contributed by atoms with van der Waals surface area (Å²) in [6, 6.07) is 0. The fourth-order valence-electron chi connectivity index (χ4n) is 6.37. The van der Waals surface area contributed by atoms with Gasteiger partial charge in [-0.15, -0.1) is 0 Å². The molecular formula is C43H77O13P. The molecule has 0 aromatic rings. The van der Waals surface area contributed by atoms with E-state index < -0.39 is 75.7 Å². The van der Waals surface area contributed by atoms with Crippen LogP contribution < -0.4 is 0 Å². The van der Waals surface area contributed by atoms with Crippen LogP contribution in [-0.4, -0.2) is 98.3 Å². The van der Waals surface area contributed by atoms with Crippen LogP contribution in [0.15, 0.2) is 36.5 Å². The Morgan fingerprint density at radius 1 is 0.544 bits per heavy atom. The van der Waals surface area contributed by atoms with Gasteiger partial charge in [-0.25, -0.2) is 4.57 Å². The third-order valence-electron chi connectivity index (χ3n) is 9.95. The molecule has 14 heteroatoms. The first-order valence-electron chi connectivity index (χ1n) is 21.8. The number of phosphoric acid groups is 1. The second kappa shape index (κ2) is 33.9. The lowest BCUT2D eigenvalue weighted by Gasteiger charge is -2.41. The third-order valence-corrected chi connectivity index (χ3v) is 10.9. The van der Waals surface area contributed by atoms with Gasteiger partial charge in [-0.2, -0.15) is 0 Å². The molecule has 0 bridgehead atoms. The summed E-state index contributed by atoms with van der Waals surface area (Å²) < 4.78 is 33.4. The number of rotatable bonds is 35. The average molecular weight is 833 g/mol. The lowest BCUT2D eigenvalue weighted by molar-refractivity contribution is -0.220. The number of aliphatic hydroxyl groups is 5. The van der Waals surface area contributed by atoms with E-state index in [1.54, 1.807) is 0 Å². The van der Waals surface area contributed by atoms with Crippen molar-refractivity contribution in [2.75, 3.05) is 13.2 Å². The average Bonchev–Trinajstić information content (AvgIpc) is 3.19. The lowest BCUT2D eigenvalue weighted by Crippen LogP contribution is -2.64. The van der Waals surface area contributed by atoms with Crippen molar-refractivity contribution in [1.82, 2.24) is 0 Å². The Kier molecular flexibility index (Phi) is 31.5. The molecule has 0 spiro atoms. The third kappa shape index (κ3) is 26.7. The van der Waals surface area contributed by atoms with Crippen LogP contribution in [0.4, 0.5) is 0 Å². The van der Waals surface area contributed by atoms with Crippen molar-refractivity contribution in [2.45, 2.75) is 211 Å². The number of hydrogen-bond acceptors (Lipinski definition) is 12. The Hall–Kier alpha value is -1.93. The Morgan fingerprint density at radius 3 is 1.47 bits per heavy atom. The van der Waals surface area contributed by atoms with Crippen LogP contribution in [0.5, 0.6) is 0 Å². The second-order valence-corrected chi connectivity index (χ2v) is 16.6. The van der Waals surface area contributed by atoms with E-state index in [1.165, 1.54) is 44.9 Å². The molecule has 0 aromatic heterocycles. The molecule has 6 unspecified atom stereocenters. The molecule has 0 saturated heterocycles. The molecule has 1 fully saturated rings. The first kappa shape index (κ1) is 53.1. The van der Waals surface area contributed by atoms with Gasteiger partial charge in [0.25, 0.3) is 0 Å². The second-order valence-electron chi connectivity index (χ2n) is 15.2. The summed E-state index contributed by atoms with van der Waals surface area (Å²) >= 11 is 0. The van der Waals surface area contributed by atoms with Gasteiger partial charge >= 0.3 is 19.8 Å². The zero-order valence-corrected chi connectivity index (χ0v) is 35.8. The van der Waals surface area contributed by atoms with Gasteiger partial charge in [0.1, 0.15) is 43.2 Å². The van der Waals surface area contributed by atoms with Crippen LogP contribution in [0.2, 0.25) is 0 Å². The summed E-state index contributed by atoms with van der Waals surface area (Å²) in [5.41, 5.74) is 0. The van der Waals surface area contributed by atoms with E-state index in [4.69, 9.17) is 18.5 Å². The Bertz CT molecular complexity index is 1150. The number of allylic oxidation sites excluding steroid dienone is 6. The van der Waals surface area contributed by atoms with E-state index in [-0.39, 0.29) is 12.8 Å². The quantitative estimate of drug-likeness (QED) is 0.0156. The van der Waals surface area contributed by atoms with Gasteiger partial charge in [0, 0.05) is 12.8 Å². The number of carbonyl (C=O) groups excluding carboxylic acids is 2. The zero-order chi connectivity index (χ0) is 42.2. The topological polar surface area (TPSA) is 210 Å². The molecule has 1 saturated carbocycles. The van der Waals surface area contributed by atoms with Gasteiger partial charge in [-0.1, -0.05) is 121 Å². The number of hydrogen-bond donors (Lipinski definition) is 6. The number of ether oxygens (including phenoxy) is 2. The zero-order valence-electron chi connectivity index (χ0n) is 34.9. The Balaban J connectivity index is 2.51. The summed E-state index contributed by atoms with van der Waals surface area (Å²) in [4.78, 5) is 35.6. The number of aliphatic hydroxyl groups excluding tert-OH is 5. The molecule has 1 aliphatic rings. The largest absolute Gasteiger partial charge is 0.472 e. The molecule has 0 aromatic carbocycles. The maximum Gasteiger partial charge on any atom is 0.472 e. The van der Waals surface area contributed by atoms with Crippen molar-refractivity contribution < 1.29 is 63.1 Å². The molecule has 332 valence electrons. The minimum Gasteiger partial charge on any atom is -0.462 e. The minimum absolute atomic E-state index is 0.0790. The van der Waals surface area contributed by atoms with Gasteiger partial charge in [0.05, 0.1) is 6.61 Å². The van der Waals surface area contributed by atoms with Gasteiger partial charge in [-0.05, 0) is 70.6 Å². The molecular weight excluding hydrogens is 755 g/mol. The summed E-state index contributed by atoms with van der Waals surface area (Å²) in [5.74, 6) is -1.13. The van der Waals surface area contributed by atoms with E-state index in [1.807, 2.05) is 0 Å². The van der Waals surface area contributed by atoms with Crippen LogP contribution in [0, 0.1) is 0 Å². The number of unbranched alkanes of at least 4 members (excludes halogenated alkanes) is 17. The van der Waals surface area contributed by atoms with Crippen molar-refractivity contribution in [3.63, 3.8) is 0 Å².